The van der Waals surface area contributed by atoms with E-state index in [2.05, 4.69) is 0 Å². The highest BCUT2D eigenvalue weighted by Gasteiger charge is 2.30. The lowest BCUT2D eigenvalue weighted by Gasteiger charge is -2.09. The predicted molar refractivity (Wildman–Crippen MR) is 106 cm³/mol. The summed E-state index contributed by atoms with van der Waals surface area (Å²) in [6.45, 7) is 4.37. The van der Waals surface area contributed by atoms with Crippen LogP contribution in [0, 0.1) is 6.92 Å². The first kappa shape index (κ1) is 18.4. The maximum Gasteiger partial charge on any atom is 0.337 e. The van der Waals surface area contributed by atoms with Gasteiger partial charge >= 0.3 is 5.97 Å². The maximum atomic E-state index is 12.3. The van der Waals surface area contributed by atoms with Crippen molar-refractivity contribution < 1.29 is 18.7 Å². The monoisotopic (exact) mass is 387 g/mol. The summed E-state index contributed by atoms with van der Waals surface area (Å²) in [6.07, 6.45) is 1.69. The normalized spacial score (nSPS) is 15.8. The Balaban J connectivity index is 1.92. The van der Waals surface area contributed by atoms with Crippen LogP contribution < -0.4 is 0 Å². The van der Waals surface area contributed by atoms with Gasteiger partial charge in [-0.05, 0) is 43.7 Å². The summed E-state index contributed by atoms with van der Waals surface area (Å²) >= 11 is 6.48. The molecule has 1 aliphatic rings. The molecule has 5 nitrogen and oxygen atoms in total. The van der Waals surface area contributed by atoms with Crippen LogP contribution in [-0.2, 0) is 9.53 Å². The molecule has 1 amide bonds. The Morgan fingerprint density at radius 1 is 1.35 bits per heavy atom. The van der Waals surface area contributed by atoms with E-state index in [-0.39, 0.29) is 5.91 Å². The van der Waals surface area contributed by atoms with Crippen LogP contribution in [0.15, 0.2) is 39.7 Å². The number of likely N-dealkylation sites (N-methyl/N-ethyl adjacent to an activating group) is 1. The highest BCUT2D eigenvalue weighted by Crippen LogP contribution is 2.34. The Kier molecular flexibility index (Phi) is 5.29. The number of thioether (sulfide) groups is 1. The van der Waals surface area contributed by atoms with E-state index in [1.165, 1.54) is 18.9 Å². The number of hydrogen-bond acceptors (Lipinski definition) is 6. The third kappa shape index (κ3) is 3.45. The minimum atomic E-state index is -0.402. The highest BCUT2D eigenvalue weighted by atomic mass is 32.2. The van der Waals surface area contributed by atoms with Crippen molar-refractivity contribution in [2.45, 2.75) is 13.8 Å². The summed E-state index contributed by atoms with van der Waals surface area (Å²) in [6, 6.07) is 8.90. The standard InChI is InChI=1S/C19H17NO4S2/c1-4-20-17(21)16(26-19(20)25)10-13-7-8-15(24-13)14-9-12(18(22)23-3)6-5-11(14)2/h5-10H,4H2,1-3H3/b16-10-. The van der Waals surface area contributed by atoms with Gasteiger partial charge < -0.3 is 9.15 Å². The van der Waals surface area contributed by atoms with Crippen molar-refractivity contribution in [1.82, 2.24) is 4.90 Å². The molecule has 1 fully saturated rings. The summed E-state index contributed by atoms with van der Waals surface area (Å²) in [5.41, 5.74) is 2.22. The molecule has 1 aromatic heterocycles. The molecule has 0 saturated carbocycles. The Hall–Kier alpha value is -2.38. The molecule has 0 aliphatic carbocycles. The molecule has 1 saturated heterocycles. The van der Waals surface area contributed by atoms with E-state index in [0.717, 1.165) is 11.1 Å². The van der Waals surface area contributed by atoms with E-state index in [1.807, 2.05) is 26.0 Å². The van der Waals surface area contributed by atoms with Crippen molar-refractivity contribution in [2.75, 3.05) is 13.7 Å². The molecule has 134 valence electrons. The van der Waals surface area contributed by atoms with Crippen molar-refractivity contribution in [2.24, 2.45) is 0 Å². The molecule has 0 bridgehead atoms. The molecule has 0 spiro atoms. The average Bonchev–Trinajstić information content (AvgIpc) is 3.19. The Labute approximate surface area is 161 Å². The van der Waals surface area contributed by atoms with Crippen LogP contribution in [0.2, 0.25) is 0 Å². The molecule has 3 rings (SSSR count). The van der Waals surface area contributed by atoms with Crippen molar-refractivity contribution in [1.29, 1.82) is 0 Å². The Morgan fingerprint density at radius 2 is 2.12 bits per heavy atom. The van der Waals surface area contributed by atoms with E-state index in [1.54, 1.807) is 29.2 Å². The predicted octanol–water partition coefficient (Wildman–Crippen LogP) is 4.26. The molecular weight excluding hydrogens is 370 g/mol. The number of thiocarbonyl (C=S) groups is 1. The minimum absolute atomic E-state index is 0.107. The molecule has 0 N–H and O–H groups in total. The van der Waals surface area contributed by atoms with E-state index in [9.17, 15) is 9.59 Å². The fourth-order valence-electron chi connectivity index (χ4n) is 2.61. The first-order valence-corrected chi connectivity index (χ1v) is 9.21. The molecule has 2 heterocycles. The molecule has 1 aliphatic heterocycles. The number of rotatable bonds is 4. The zero-order chi connectivity index (χ0) is 18.8. The summed E-state index contributed by atoms with van der Waals surface area (Å²) < 4.78 is 11.2. The van der Waals surface area contributed by atoms with Gasteiger partial charge in [-0.15, -0.1) is 0 Å². The SMILES string of the molecule is CCN1C(=O)/C(=C/c2ccc(-c3cc(C(=O)OC)ccc3C)o2)SC1=S. The third-order valence-electron chi connectivity index (χ3n) is 4.01. The van der Waals surface area contributed by atoms with Crippen molar-refractivity contribution >= 4 is 46.3 Å². The zero-order valence-corrected chi connectivity index (χ0v) is 16.2. The number of methoxy groups -OCH3 is 1. The summed E-state index contributed by atoms with van der Waals surface area (Å²) in [5.74, 6) is 0.663. The fraction of sp³-hybridized carbons (Fsp3) is 0.211. The van der Waals surface area contributed by atoms with Crippen molar-refractivity contribution in [3.8, 4) is 11.3 Å². The smallest absolute Gasteiger partial charge is 0.337 e. The first-order chi connectivity index (χ1) is 12.4. The number of furan rings is 1. The van der Waals surface area contributed by atoms with Gasteiger partial charge in [0.1, 0.15) is 15.8 Å². The number of carbonyl (C=O) groups excluding carboxylic acids is 2. The lowest BCUT2D eigenvalue weighted by molar-refractivity contribution is -0.122. The Bertz CT molecular complexity index is 929. The van der Waals surface area contributed by atoms with Crippen molar-refractivity contribution in [3.05, 3.63) is 52.1 Å². The van der Waals surface area contributed by atoms with Crippen LogP contribution in [0.3, 0.4) is 0 Å². The molecule has 2 aromatic rings. The molecule has 26 heavy (non-hydrogen) atoms. The Morgan fingerprint density at radius 3 is 2.77 bits per heavy atom. The second kappa shape index (κ2) is 7.47. The van der Waals surface area contributed by atoms with Gasteiger partial charge in [0.25, 0.3) is 5.91 Å². The van der Waals surface area contributed by atoms with Gasteiger partial charge in [-0.3, -0.25) is 9.69 Å². The molecule has 7 heteroatoms. The fourth-order valence-corrected chi connectivity index (χ4v) is 3.97. The van der Waals surface area contributed by atoms with E-state index in [4.69, 9.17) is 21.4 Å². The second-order valence-corrected chi connectivity index (χ2v) is 7.33. The summed E-state index contributed by atoms with van der Waals surface area (Å²) in [7, 11) is 1.35. The minimum Gasteiger partial charge on any atom is -0.465 e. The van der Waals surface area contributed by atoms with Gasteiger partial charge in [0.15, 0.2) is 0 Å². The van der Waals surface area contributed by atoms with Crippen LogP contribution in [0.5, 0.6) is 0 Å². The average molecular weight is 387 g/mol. The van der Waals surface area contributed by atoms with Gasteiger partial charge in [-0.2, -0.15) is 0 Å². The largest absolute Gasteiger partial charge is 0.465 e. The number of nitrogens with zero attached hydrogens (tertiary/aromatic N) is 1. The topological polar surface area (TPSA) is 59.8 Å². The summed E-state index contributed by atoms with van der Waals surface area (Å²) in [4.78, 5) is 26.1. The zero-order valence-electron chi connectivity index (χ0n) is 14.6. The van der Waals surface area contributed by atoms with Gasteiger partial charge in [-0.25, -0.2) is 4.79 Å². The second-order valence-electron chi connectivity index (χ2n) is 5.65. The van der Waals surface area contributed by atoms with Crippen LogP contribution in [0.1, 0.15) is 28.6 Å². The first-order valence-electron chi connectivity index (χ1n) is 7.99. The number of benzene rings is 1. The lowest BCUT2D eigenvalue weighted by atomic mass is 10.0. The number of esters is 1. The summed E-state index contributed by atoms with van der Waals surface area (Å²) in [5, 5.41) is 0. The number of aryl methyl sites for hydroxylation is 1. The molecule has 0 unspecified atom stereocenters. The third-order valence-corrected chi connectivity index (χ3v) is 5.39. The number of carbonyl (C=O) groups is 2. The molecule has 0 radical (unpaired) electrons. The molecule has 1 aromatic carbocycles. The van der Waals surface area contributed by atoms with Crippen molar-refractivity contribution in [3.63, 3.8) is 0 Å². The van der Waals surface area contributed by atoms with Gasteiger partial charge in [0.2, 0.25) is 0 Å². The number of hydrogen-bond donors (Lipinski definition) is 0. The van der Waals surface area contributed by atoms with Crippen LogP contribution in [0.25, 0.3) is 17.4 Å². The van der Waals surface area contributed by atoms with Gasteiger partial charge in [0.05, 0.1) is 17.6 Å². The van der Waals surface area contributed by atoms with Gasteiger partial charge in [-0.1, -0.05) is 30.0 Å². The molecular formula is C19H17NO4S2. The maximum absolute atomic E-state index is 12.3. The van der Waals surface area contributed by atoms with Crippen LogP contribution >= 0.6 is 24.0 Å². The van der Waals surface area contributed by atoms with E-state index >= 15 is 0 Å². The number of ether oxygens (including phenoxy) is 1. The van der Waals surface area contributed by atoms with E-state index < -0.39 is 5.97 Å². The quantitative estimate of drug-likeness (QED) is 0.444. The lowest BCUT2D eigenvalue weighted by Crippen LogP contribution is -2.27. The van der Waals surface area contributed by atoms with Crippen LogP contribution in [-0.4, -0.2) is 34.8 Å². The van der Waals surface area contributed by atoms with Gasteiger partial charge in [0, 0.05) is 18.2 Å². The molecule has 0 atom stereocenters. The van der Waals surface area contributed by atoms with E-state index in [0.29, 0.717) is 32.9 Å². The number of amides is 1. The van der Waals surface area contributed by atoms with Crippen LogP contribution in [0.4, 0.5) is 0 Å². The highest BCUT2D eigenvalue weighted by molar-refractivity contribution is 8.26.